The number of hydrogen-bond acceptors (Lipinski definition) is 5. The Morgan fingerprint density at radius 3 is 2.25 bits per heavy atom. The Kier molecular flexibility index (Phi) is 2.98. The van der Waals surface area contributed by atoms with Crippen molar-refractivity contribution in [3.05, 3.63) is 0 Å². The molecule has 1 saturated heterocycles. The van der Waals surface area contributed by atoms with Gasteiger partial charge in [0.1, 0.15) is 0 Å². The zero-order valence-electron chi connectivity index (χ0n) is 5.77. The summed E-state index contributed by atoms with van der Waals surface area (Å²) < 4.78 is 46.2. The lowest BCUT2D eigenvalue weighted by Crippen LogP contribution is -2.42. The van der Waals surface area contributed by atoms with E-state index in [9.17, 15) is 16.8 Å². The van der Waals surface area contributed by atoms with Crippen LogP contribution in [0.15, 0.2) is 0 Å². The van der Waals surface area contributed by atoms with Crippen molar-refractivity contribution >= 4 is 30.6 Å². The van der Waals surface area contributed by atoms with Crippen LogP contribution in [0.1, 0.15) is 0 Å². The predicted octanol–water partition coefficient (Wildman–Crippen LogP) is -2.38. The minimum absolute atomic E-state index is 0.143. The van der Waals surface area contributed by atoms with Gasteiger partial charge in [0.15, 0.2) is 4.99 Å². The number of nitrogens with one attached hydrogen (secondary N) is 1. The summed E-state index contributed by atoms with van der Waals surface area (Å²) in [5, 5.41) is 1.85. The highest BCUT2D eigenvalue weighted by molar-refractivity contribution is 7.82. The molecule has 0 spiro atoms. The fourth-order valence-corrected chi connectivity index (χ4v) is 1.92. The summed E-state index contributed by atoms with van der Waals surface area (Å²) >= 11 is 0. The first-order valence-corrected chi connectivity index (χ1v) is 5.07. The molecule has 0 bridgehead atoms. The van der Waals surface area contributed by atoms with Crippen molar-refractivity contribution in [3.8, 4) is 0 Å². The highest BCUT2D eigenvalue weighted by atomic mass is 32.2. The Bertz CT molecular complexity index is 382. The van der Waals surface area contributed by atoms with Crippen molar-refractivity contribution in [1.82, 2.24) is 5.32 Å². The standard InChI is InChI=1S/C4H5NO5S2/c6-11(7)3-4(12(8)9)10-2-1-5-3/h5H,1-2H2. The molecule has 0 aliphatic carbocycles. The van der Waals surface area contributed by atoms with Crippen molar-refractivity contribution < 1.29 is 21.6 Å². The van der Waals surface area contributed by atoms with Crippen LogP contribution in [0.4, 0.5) is 0 Å². The van der Waals surface area contributed by atoms with E-state index in [1.165, 1.54) is 0 Å². The molecule has 0 amide bonds. The Labute approximate surface area is 71.2 Å². The smallest absolute Gasteiger partial charge is 0.247 e. The molecule has 8 heteroatoms. The maximum absolute atomic E-state index is 10.4. The molecule has 1 N–H and O–H groups in total. The minimum atomic E-state index is -2.65. The van der Waals surface area contributed by atoms with E-state index in [2.05, 4.69) is 10.1 Å². The Morgan fingerprint density at radius 2 is 1.83 bits per heavy atom. The molecule has 1 heterocycles. The summed E-state index contributed by atoms with van der Waals surface area (Å²) in [4.78, 5) is -0.408. The van der Waals surface area contributed by atoms with E-state index in [0.717, 1.165) is 0 Å². The van der Waals surface area contributed by atoms with Gasteiger partial charge in [-0.3, -0.25) is 5.32 Å². The van der Waals surface area contributed by atoms with Crippen LogP contribution in [0.2, 0.25) is 0 Å². The summed E-state index contributed by atoms with van der Waals surface area (Å²) in [5.41, 5.74) is 0. The molecule has 6 nitrogen and oxygen atoms in total. The molecule has 1 fully saturated rings. The van der Waals surface area contributed by atoms with Crippen molar-refractivity contribution in [3.63, 3.8) is 0 Å². The van der Waals surface area contributed by atoms with E-state index < -0.39 is 30.6 Å². The SMILES string of the molecule is O=S(=O)=C1NCCOC1=S(=O)=O. The fourth-order valence-electron chi connectivity index (χ4n) is 0.697. The van der Waals surface area contributed by atoms with E-state index in [0.29, 0.717) is 0 Å². The van der Waals surface area contributed by atoms with Gasteiger partial charge in [0, 0.05) is 6.54 Å². The van der Waals surface area contributed by atoms with Crippen LogP contribution in [-0.4, -0.2) is 40.0 Å². The largest absolute Gasteiger partial charge is 0.329 e. The van der Waals surface area contributed by atoms with Crippen LogP contribution < -0.4 is 5.32 Å². The molecule has 1 aliphatic rings. The molecule has 0 aromatic heterocycles. The van der Waals surface area contributed by atoms with Crippen molar-refractivity contribution in [1.29, 1.82) is 0 Å². The van der Waals surface area contributed by atoms with Gasteiger partial charge in [0.2, 0.25) is 25.6 Å². The number of hydrogen-bond donors (Lipinski definition) is 1. The van der Waals surface area contributed by atoms with Gasteiger partial charge in [-0.15, -0.1) is 0 Å². The highest BCUT2D eigenvalue weighted by Crippen LogP contribution is 1.87. The summed E-state index contributed by atoms with van der Waals surface area (Å²) in [5.74, 6) is 0. The Morgan fingerprint density at radius 1 is 1.17 bits per heavy atom. The first kappa shape index (κ1) is 9.39. The highest BCUT2D eigenvalue weighted by Gasteiger charge is 2.18. The molecule has 12 heavy (non-hydrogen) atoms. The lowest BCUT2D eigenvalue weighted by atomic mass is 10.5. The monoisotopic (exact) mass is 211 g/mol. The first-order chi connectivity index (χ1) is 5.63. The quantitative estimate of drug-likeness (QED) is 0.450. The maximum atomic E-state index is 10.4. The number of rotatable bonds is 0. The summed E-state index contributed by atoms with van der Waals surface area (Å²) in [6.07, 6.45) is 0. The molecule has 0 saturated carbocycles. The first-order valence-electron chi connectivity index (χ1n) is 2.92. The van der Waals surface area contributed by atoms with Crippen LogP contribution >= 0.6 is 0 Å². The van der Waals surface area contributed by atoms with Crippen molar-refractivity contribution in [2.75, 3.05) is 13.2 Å². The van der Waals surface area contributed by atoms with Gasteiger partial charge >= 0.3 is 0 Å². The molecule has 1 aliphatic heterocycles. The molecule has 0 aromatic rings. The second-order valence-corrected chi connectivity index (χ2v) is 3.58. The fraction of sp³-hybridized carbons (Fsp3) is 0.500. The van der Waals surface area contributed by atoms with Crippen LogP contribution in [0, 0.1) is 0 Å². The van der Waals surface area contributed by atoms with Gasteiger partial charge in [-0.1, -0.05) is 0 Å². The van der Waals surface area contributed by atoms with E-state index in [1.54, 1.807) is 0 Å². The second kappa shape index (κ2) is 3.81. The van der Waals surface area contributed by atoms with E-state index >= 15 is 0 Å². The zero-order valence-corrected chi connectivity index (χ0v) is 7.40. The molecule has 0 atom stereocenters. The molecule has 0 radical (unpaired) electrons. The van der Waals surface area contributed by atoms with E-state index in [4.69, 9.17) is 0 Å². The van der Waals surface area contributed by atoms with Crippen LogP contribution in [-0.2, 0) is 25.3 Å². The minimum Gasteiger partial charge on any atom is -0.329 e. The third-order valence-electron chi connectivity index (χ3n) is 1.12. The van der Waals surface area contributed by atoms with E-state index in [-0.39, 0.29) is 13.2 Å². The Hall–Kier alpha value is -0.700. The molecule has 0 unspecified atom stereocenters. The third-order valence-corrected chi connectivity index (χ3v) is 2.54. The summed E-state index contributed by atoms with van der Waals surface area (Å²) in [6.45, 7) is 0.425. The van der Waals surface area contributed by atoms with Crippen LogP contribution in [0.3, 0.4) is 0 Å². The van der Waals surface area contributed by atoms with E-state index in [1.807, 2.05) is 0 Å². The van der Waals surface area contributed by atoms with Crippen molar-refractivity contribution in [2.45, 2.75) is 0 Å². The average Bonchev–Trinajstić information content (AvgIpc) is 2.04. The zero-order chi connectivity index (χ0) is 9.14. The molecular weight excluding hydrogens is 206 g/mol. The molecule has 0 aromatic carbocycles. The van der Waals surface area contributed by atoms with Gasteiger partial charge in [0.25, 0.3) is 0 Å². The number of morpholine rings is 1. The van der Waals surface area contributed by atoms with Gasteiger partial charge in [-0.25, -0.2) is 0 Å². The topological polar surface area (TPSA) is 89.5 Å². The van der Waals surface area contributed by atoms with Gasteiger partial charge in [-0.05, 0) is 0 Å². The lowest BCUT2D eigenvalue weighted by molar-refractivity contribution is 0.310. The van der Waals surface area contributed by atoms with Gasteiger partial charge in [0.05, 0.1) is 6.61 Å². The van der Waals surface area contributed by atoms with Crippen molar-refractivity contribution in [2.24, 2.45) is 0 Å². The normalized spacial score (nSPS) is 17.7. The van der Waals surface area contributed by atoms with Gasteiger partial charge in [-0.2, -0.15) is 16.8 Å². The predicted molar refractivity (Wildman–Crippen MR) is 41.8 cm³/mol. The summed E-state index contributed by atoms with van der Waals surface area (Å²) in [6, 6.07) is 0. The molecule has 1 rings (SSSR count). The third kappa shape index (κ3) is 1.91. The second-order valence-electron chi connectivity index (χ2n) is 1.86. The molecule has 68 valence electrons. The van der Waals surface area contributed by atoms with Crippen LogP contribution in [0.25, 0.3) is 0 Å². The van der Waals surface area contributed by atoms with Gasteiger partial charge < -0.3 is 4.74 Å². The lowest BCUT2D eigenvalue weighted by Gasteiger charge is -2.11. The molecular formula is C4H5NO5S2. The van der Waals surface area contributed by atoms with Crippen LogP contribution in [0.5, 0.6) is 0 Å². The average molecular weight is 211 g/mol. The summed E-state index contributed by atoms with van der Waals surface area (Å²) in [7, 11) is -5.25. The maximum Gasteiger partial charge on any atom is 0.247 e. The number of ether oxygens (including phenoxy) is 1. The Balaban J connectivity index is 3.36.